The number of nitrogens with zero attached hydrogens (tertiary/aromatic N) is 2. The lowest BCUT2D eigenvalue weighted by molar-refractivity contribution is 0.458. The molecular formula is C12H12BrN3O. The minimum absolute atomic E-state index is 0.217. The summed E-state index contributed by atoms with van der Waals surface area (Å²) < 4.78 is 6.69. The van der Waals surface area contributed by atoms with Crippen LogP contribution in [0.25, 0.3) is 0 Å². The number of halogens is 1. The highest BCUT2D eigenvalue weighted by molar-refractivity contribution is 9.10. The molecule has 5 heteroatoms. The molecule has 1 aromatic carbocycles. The molecule has 0 aliphatic heterocycles. The van der Waals surface area contributed by atoms with Crippen molar-refractivity contribution in [3.63, 3.8) is 0 Å². The van der Waals surface area contributed by atoms with Gasteiger partial charge in [-0.15, -0.1) is 0 Å². The van der Waals surface area contributed by atoms with Gasteiger partial charge in [0.2, 0.25) is 11.8 Å². The van der Waals surface area contributed by atoms with E-state index >= 15 is 0 Å². The van der Waals surface area contributed by atoms with Crippen LogP contribution in [-0.4, -0.2) is 9.97 Å². The summed E-state index contributed by atoms with van der Waals surface area (Å²) in [6, 6.07) is 7.53. The van der Waals surface area contributed by atoms with Gasteiger partial charge in [-0.1, -0.05) is 15.9 Å². The van der Waals surface area contributed by atoms with Gasteiger partial charge >= 0.3 is 0 Å². The molecular weight excluding hydrogens is 282 g/mol. The van der Waals surface area contributed by atoms with Crippen molar-refractivity contribution in [2.75, 3.05) is 5.73 Å². The number of ether oxygens (including phenoxy) is 1. The zero-order valence-electron chi connectivity index (χ0n) is 9.57. The minimum atomic E-state index is 0.217. The Morgan fingerprint density at radius 3 is 2.59 bits per heavy atom. The quantitative estimate of drug-likeness (QED) is 0.923. The number of nitrogens with two attached hydrogens (primary N) is 1. The number of rotatable bonds is 2. The van der Waals surface area contributed by atoms with E-state index in [9.17, 15) is 0 Å². The van der Waals surface area contributed by atoms with Crippen molar-refractivity contribution in [1.29, 1.82) is 0 Å². The molecule has 0 spiro atoms. The normalized spacial score (nSPS) is 10.3. The van der Waals surface area contributed by atoms with E-state index in [1.54, 1.807) is 6.07 Å². The molecule has 17 heavy (non-hydrogen) atoms. The molecule has 0 amide bonds. The molecule has 0 aliphatic rings. The molecule has 0 atom stereocenters. The molecule has 4 nitrogen and oxygen atoms in total. The maximum Gasteiger partial charge on any atom is 0.224 e. The van der Waals surface area contributed by atoms with Gasteiger partial charge in [0.1, 0.15) is 5.75 Å². The van der Waals surface area contributed by atoms with Crippen LogP contribution >= 0.6 is 15.9 Å². The molecule has 2 N–H and O–H groups in total. The number of hydrogen-bond acceptors (Lipinski definition) is 4. The first-order valence-electron chi connectivity index (χ1n) is 5.10. The fourth-order valence-corrected chi connectivity index (χ4v) is 1.93. The summed E-state index contributed by atoms with van der Waals surface area (Å²) in [5.74, 6) is 1.43. The number of anilines is 1. The van der Waals surface area contributed by atoms with Gasteiger partial charge in [-0.2, -0.15) is 4.98 Å². The van der Waals surface area contributed by atoms with E-state index in [-0.39, 0.29) is 5.95 Å². The third kappa shape index (κ3) is 2.94. The van der Waals surface area contributed by atoms with Crippen molar-refractivity contribution < 1.29 is 4.74 Å². The Hall–Kier alpha value is -1.62. The highest BCUT2D eigenvalue weighted by Crippen LogP contribution is 2.26. The van der Waals surface area contributed by atoms with Crippen LogP contribution in [0.15, 0.2) is 28.7 Å². The minimum Gasteiger partial charge on any atom is -0.439 e. The number of benzene rings is 1. The molecule has 2 aromatic rings. The predicted molar refractivity (Wildman–Crippen MR) is 70.1 cm³/mol. The van der Waals surface area contributed by atoms with Crippen molar-refractivity contribution in [3.8, 4) is 11.6 Å². The fourth-order valence-electron chi connectivity index (χ4n) is 1.45. The lowest BCUT2D eigenvalue weighted by atomic mass is 10.2. The molecule has 1 aromatic heterocycles. The number of hydrogen-bond donors (Lipinski definition) is 1. The van der Waals surface area contributed by atoms with Gasteiger partial charge in [-0.05, 0) is 37.6 Å². The Morgan fingerprint density at radius 1 is 1.18 bits per heavy atom. The van der Waals surface area contributed by atoms with Gasteiger partial charge in [0.25, 0.3) is 0 Å². The maximum absolute atomic E-state index is 5.67. The Labute approximate surface area is 108 Å². The standard InChI is InChI=1S/C12H12BrN3O/c1-7-5-9(13)3-4-10(7)17-11-6-8(2)15-12(14)16-11/h3-6H,1-2H3,(H2,14,15,16). The van der Waals surface area contributed by atoms with E-state index < -0.39 is 0 Å². The van der Waals surface area contributed by atoms with Crippen LogP contribution < -0.4 is 10.5 Å². The monoisotopic (exact) mass is 293 g/mol. The van der Waals surface area contributed by atoms with Crippen LogP contribution in [0.3, 0.4) is 0 Å². The summed E-state index contributed by atoms with van der Waals surface area (Å²) in [5.41, 5.74) is 7.37. The van der Waals surface area contributed by atoms with E-state index in [0.717, 1.165) is 21.5 Å². The van der Waals surface area contributed by atoms with Crippen LogP contribution in [0.5, 0.6) is 11.6 Å². The predicted octanol–water partition coefficient (Wildman–Crippen LogP) is 3.23. The van der Waals surface area contributed by atoms with Crippen LogP contribution in [-0.2, 0) is 0 Å². The summed E-state index contributed by atoms with van der Waals surface area (Å²) in [4.78, 5) is 8.02. The highest BCUT2D eigenvalue weighted by atomic mass is 79.9. The van der Waals surface area contributed by atoms with E-state index in [1.165, 1.54) is 0 Å². The van der Waals surface area contributed by atoms with Crippen molar-refractivity contribution in [3.05, 3.63) is 40.0 Å². The van der Waals surface area contributed by atoms with E-state index in [2.05, 4.69) is 25.9 Å². The summed E-state index contributed by atoms with van der Waals surface area (Å²) >= 11 is 3.40. The van der Waals surface area contributed by atoms with Gasteiger partial charge in [0.05, 0.1) is 0 Å². The van der Waals surface area contributed by atoms with Crippen molar-refractivity contribution in [2.45, 2.75) is 13.8 Å². The summed E-state index contributed by atoms with van der Waals surface area (Å²) in [7, 11) is 0. The van der Waals surface area contributed by atoms with Gasteiger partial charge in [-0.3, -0.25) is 0 Å². The average Bonchev–Trinajstić information content (AvgIpc) is 2.21. The molecule has 0 unspecified atom stereocenters. The van der Waals surface area contributed by atoms with Gasteiger partial charge in [0, 0.05) is 16.2 Å². The molecule has 0 saturated carbocycles. The van der Waals surface area contributed by atoms with Crippen molar-refractivity contribution in [1.82, 2.24) is 9.97 Å². The SMILES string of the molecule is Cc1cc(Oc2ccc(Br)cc2C)nc(N)n1. The first-order chi connectivity index (χ1) is 8.04. The molecule has 1 heterocycles. The third-order valence-corrected chi connectivity index (χ3v) is 2.69. The second kappa shape index (κ2) is 4.71. The topological polar surface area (TPSA) is 61.0 Å². The molecule has 0 saturated heterocycles. The largest absolute Gasteiger partial charge is 0.439 e. The van der Waals surface area contributed by atoms with Gasteiger partial charge < -0.3 is 10.5 Å². The molecule has 2 rings (SSSR count). The van der Waals surface area contributed by atoms with E-state index in [4.69, 9.17) is 10.5 Å². The maximum atomic E-state index is 5.67. The molecule has 88 valence electrons. The first-order valence-corrected chi connectivity index (χ1v) is 5.89. The molecule has 0 fully saturated rings. The van der Waals surface area contributed by atoms with Crippen LogP contribution in [0.4, 0.5) is 5.95 Å². The second-order valence-corrected chi connectivity index (χ2v) is 4.63. The van der Waals surface area contributed by atoms with Gasteiger partial charge in [-0.25, -0.2) is 4.98 Å². The molecule has 0 radical (unpaired) electrons. The number of aryl methyl sites for hydroxylation is 2. The third-order valence-electron chi connectivity index (χ3n) is 2.20. The van der Waals surface area contributed by atoms with Crippen LogP contribution in [0.1, 0.15) is 11.3 Å². The second-order valence-electron chi connectivity index (χ2n) is 3.72. The number of nitrogen functional groups attached to an aromatic ring is 1. The Morgan fingerprint density at radius 2 is 1.94 bits per heavy atom. The van der Waals surface area contributed by atoms with Crippen LogP contribution in [0, 0.1) is 13.8 Å². The lowest BCUT2D eigenvalue weighted by Crippen LogP contribution is -1.99. The zero-order valence-corrected chi connectivity index (χ0v) is 11.2. The smallest absolute Gasteiger partial charge is 0.224 e. The average molecular weight is 294 g/mol. The summed E-state index contributed by atoms with van der Waals surface area (Å²) in [5, 5.41) is 0. The zero-order chi connectivity index (χ0) is 12.4. The van der Waals surface area contributed by atoms with Gasteiger partial charge in [0.15, 0.2) is 0 Å². The Kier molecular flexibility index (Phi) is 3.28. The van der Waals surface area contributed by atoms with E-state index in [1.807, 2.05) is 32.0 Å². The van der Waals surface area contributed by atoms with E-state index in [0.29, 0.717) is 5.88 Å². The van der Waals surface area contributed by atoms with Crippen LogP contribution in [0.2, 0.25) is 0 Å². The molecule has 0 bridgehead atoms. The van der Waals surface area contributed by atoms with Crippen molar-refractivity contribution >= 4 is 21.9 Å². The highest BCUT2D eigenvalue weighted by Gasteiger charge is 2.05. The first kappa shape index (κ1) is 11.9. The summed E-state index contributed by atoms with van der Waals surface area (Å²) in [6.07, 6.45) is 0. The lowest BCUT2D eigenvalue weighted by Gasteiger charge is -2.08. The van der Waals surface area contributed by atoms with Crippen molar-refractivity contribution in [2.24, 2.45) is 0 Å². The Balaban J connectivity index is 2.31. The Bertz CT molecular complexity index is 537. The molecule has 0 aliphatic carbocycles. The summed E-state index contributed by atoms with van der Waals surface area (Å²) in [6.45, 7) is 3.82. The number of aromatic nitrogens is 2. The fraction of sp³-hybridized carbons (Fsp3) is 0.167.